The van der Waals surface area contributed by atoms with Crippen LogP contribution in [0.4, 0.5) is 0 Å². The van der Waals surface area contributed by atoms with E-state index in [-0.39, 0.29) is 5.78 Å². The monoisotopic (exact) mass is 248 g/mol. The predicted octanol–water partition coefficient (Wildman–Crippen LogP) is 2.78. The van der Waals surface area contributed by atoms with Crippen LogP contribution < -0.4 is 0 Å². The molecular weight excluding hydrogens is 228 g/mol. The van der Waals surface area contributed by atoms with Crippen LogP contribution in [0.1, 0.15) is 31.7 Å². The molecule has 98 valence electrons. The largest absolute Gasteiger partial charge is 0.468 e. The van der Waals surface area contributed by atoms with E-state index in [9.17, 15) is 9.59 Å². The molecule has 1 atom stereocenters. The summed E-state index contributed by atoms with van der Waals surface area (Å²) in [7, 11) is 1.33. The maximum atomic E-state index is 11.9. The lowest BCUT2D eigenvalue weighted by molar-refractivity contribution is -0.149. The molecule has 0 heterocycles. The number of hydrogen-bond acceptors (Lipinski definition) is 3. The zero-order valence-corrected chi connectivity index (χ0v) is 11.0. The highest BCUT2D eigenvalue weighted by Gasteiger charge is 2.26. The fourth-order valence-corrected chi connectivity index (χ4v) is 1.93. The third-order valence-electron chi connectivity index (χ3n) is 2.94. The molecule has 1 aromatic rings. The number of ether oxygens (including phenoxy) is 1. The van der Waals surface area contributed by atoms with Crippen molar-refractivity contribution in [1.29, 1.82) is 0 Å². The van der Waals surface area contributed by atoms with E-state index in [0.29, 0.717) is 12.8 Å². The Balaban J connectivity index is 2.62. The molecule has 1 rings (SSSR count). The lowest BCUT2D eigenvalue weighted by atomic mass is 9.93. The normalized spacial score (nSPS) is 11.9. The number of aryl methyl sites for hydroxylation is 1. The van der Waals surface area contributed by atoms with Crippen molar-refractivity contribution in [3.63, 3.8) is 0 Å². The highest BCUT2D eigenvalue weighted by Crippen LogP contribution is 2.15. The van der Waals surface area contributed by atoms with Gasteiger partial charge in [0.15, 0.2) is 0 Å². The highest BCUT2D eigenvalue weighted by molar-refractivity contribution is 5.98. The molecule has 0 saturated carbocycles. The molecule has 0 spiro atoms. The summed E-state index contributed by atoms with van der Waals surface area (Å²) < 4.78 is 4.71. The first-order valence-corrected chi connectivity index (χ1v) is 6.33. The van der Waals surface area contributed by atoms with Crippen LogP contribution in [0, 0.1) is 5.92 Å². The van der Waals surface area contributed by atoms with Crippen molar-refractivity contribution in [3.8, 4) is 0 Å². The van der Waals surface area contributed by atoms with Gasteiger partial charge in [-0.1, -0.05) is 37.3 Å². The minimum Gasteiger partial charge on any atom is -0.468 e. The van der Waals surface area contributed by atoms with Crippen molar-refractivity contribution >= 4 is 11.8 Å². The summed E-state index contributed by atoms with van der Waals surface area (Å²) in [6, 6.07) is 9.85. The van der Waals surface area contributed by atoms with Crippen LogP contribution in [0.15, 0.2) is 30.3 Å². The Morgan fingerprint density at radius 2 is 1.89 bits per heavy atom. The molecular formula is C15H20O3. The first-order valence-electron chi connectivity index (χ1n) is 6.33. The average molecular weight is 248 g/mol. The van der Waals surface area contributed by atoms with E-state index in [2.05, 4.69) is 0 Å². The van der Waals surface area contributed by atoms with Crippen LogP contribution in [0.25, 0.3) is 0 Å². The minimum absolute atomic E-state index is 0.0136. The van der Waals surface area contributed by atoms with Crippen molar-refractivity contribution in [2.75, 3.05) is 7.11 Å². The average Bonchev–Trinajstić information content (AvgIpc) is 2.40. The van der Waals surface area contributed by atoms with E-state index >= 15 is 0 Å². The highest BCUT2D eigenvalue weighted by atomic mass is 16.5. The number of rotatable bonds is 7. The summed E-state index contributed by atoms with van der Waals surface area (Å²) in [6.45, 7) is 1.93. The van der Waals surface area contributed by atoms with E-state index in [0.717, 1.165) is 18.4 Å². The zero-order valence-electron chi connectivity index (χ0n) is 11.0. The van der Waals surface area contributed by atoms with Gasteiger partial charge in [0.2, 0.25) is 0 Å². The Kier molecular flexibility index (Phi) is 6.12. The summed E-state index contributed by atoms with van der Waals surface area (Å²) in [4.78, 5) is 23.5. The van der Waals surface area contributed by atoms with Crippen LogP contribution >= 0.6 is 0 Å². The van der Waals surface area contributed by atoms with Crippen LogP contribution in [0.2, 0.25) is 0 Å². The maximum Gasteiger partial charge on any atom is 0.316 e. The molecule has 1 unspecified atom stereocenters. The number of benzene rings is 1. The Morgan fingerprint density at radius 1 is 1.22 bits per heavy atom. The first kappa shape index (κ1) is 14.4. The second-order valence-corrected chi connectivity index (χ2v) is 4.32. The second-order valence-electron chi connectivity index (χ2n) is 4.32. The topological polar surface area (TPSA) is 43.4 Å². The number of Topliss-reactive ketones (excluding diaryl/α,β-unsaturated/α-hetero) is 1. The molecule has 3 heteroatoms. The van der Waals surface area contributed by atoms with E-state index in [4.69, 9.17) is 4.74 Å². The van der Waals surface area contributed by atoms with Crippen LogP contribution in [0.5, 0.6) is 0 Å². The van der Waals surface area contributed by atoms with Gasteiger partial charge in [0.1, 0.15) is 11.7 Å². The molecule has 3 nitrogen and oxygen atoms in total. The number of carbonyl (C=O) groups is 2. The van der Waals surface area contributed by atoms with Crippen molar-refractivity contribution in [3.05, 3.63) is 35.9 Å². The third-order valence-corrected chi connectivity index (χ3v) is 2.94. The number of carbonyl (C=O) groups excluding carboxylic acids is 2. The number of ketones is 1. The lowest BCUT2D eigenvalue weighted by Crippen LogP contribution is -2.25. The van der Waals surface area contributed by atoms with Gasteiger partial charge in [0, 0.05) is 6.42 Å². The SMILES string of the molecule is CCCC(=O)C(CCc1ccccc1)C(=O)OC. The van der Waals surface area contributed by atoms with E-state index in [1.165, 1.54) is 7.11 Å². The molecule has 0 radical (unpaired) electrons. The molecule has 0 aliphatic heterocycles. The van der Waals surface area contributed by atoms with Crippen molar-refractivity contribution < 1.29 is 14.3 Å². The molecule has 0 fully saturated rings. The second kappa shape index (κ2) is 7.64. The standard InChI is InChI=1S/C15H20O3/c1-3-7-14(16)13(15(17)18-2)11-10-12-8-5-4-6-9-12/h4-6,8-9,13H,3,7,10-11H2,1-2H3. The molecule has 0 saturated heterocycles. The number of hydrogen-bond donors (Lipinski definition) is 0. The quantitative estimate of drug-likeness (QED) is 0.550. The van der Waals surface area contributed by atoms with E-state index < -0.39 is 11.9 Å². The fraction of sp³-hybridized carbons (Fsp3) is 0.467. The Hall–Kier alpha value is -1.64. The lowest BCUT2D eigenvalue weighted by Gasteiger charge is -2.13. The fourth-order valence-electron chi connectivity index (χ4n) is 1.93. The molecule has 18 heavy (non-hydrogen) atoms. The zero-order chi connectivity index (χ0) is 13.4. The van der Waals surface area contributed by atoms with E-state index in [1.54, 1.807) is 0 Å². The van der Waals surface area contributed by atoms with Gasteiger partial charge < -0.3 is 4.74 Å². The van der Waals surface area contributed by atoms with Gasteiger partial charge in [-0.2, -0.15) is 0 Å². The molecule has 0 amide bonds. The number of methoxy groups -OCH3 is 1. The summed E-state index contributed by atoms with van der Waals surface area (Å²) in [5.41, 5.74) is 1.13. The molecule has 0 aromatic heterocycles. The summed E-state index contributed by atoms with van der Waals surface area (Å²) >= 11 is 0. The molecule has 1 aromatic carbocycles. The summed E-state index contributed by atoms with van der Waals surface area (Å²) in [6.07, 6.45) is 2.44. The molecule has 0 aliphatic carbocycles. The Morgan fingerprint density at radius 3 is 2.44 bits per heavy atom. The minimum atomic E-state index is -0.616. The Bertz CT molecular complexity index is 384. The molecule has 0 bridgehead atoms. The maximum absolute atomic E-state index is 11.9. The number of esters is 1. The van der Waals surface area contributed by atoms with Gasteiger partial charge in [-0.3, -0.25) is 9.59 Å². The third kappa shape index (κ3) is 4.32. The molecule has 0 aliphatic rings. The van der Waals surface area contributed by atoms with Gasteiger partial charge in [-0.05, 0) is 24.8 Å². The van der Waals surface area contributed by atoms with Crippen molar-refractivity contribution in [1.82, 2.24) is 0 Å². The Labute approximate surface area is 108 Å². The van der Waals surface area contributed by atoms with Crippen molar-refractivity contribution in [2.45, 2.75) is 32.6 Å². The van der Waals surface area contributed by atoms with Gasteiger partial charge in [0.25, 0.3) is 0 Å². The van der Waals surface area contributed by atoms with Gasteiger partial charge in [-0.15, -0.1) is 0 Å². The molecule has 0 N–H and O–H groups in total. The van der Waals surface area contributed by atoms with E-state index in [1.807, 2.05) is 37.3 Å². The van der Waals surface area contributed by atoms with Gasteiger partial charge >= 0.3 is 5.97 Å². The summed E-state index contributed by atoms with van der Waals surface area (Å²) in [5, 5.41) is 0. The van der Waals surface area contributed by atoms with Crippen LogP contribution in [0.3, 0.4) is 0 Å². The first-order chi connectivity index (χ1) is 8.69. The van der Waals surface area contributed by atoms with Gasteiger partial charge in [-0.25, -0.2) is 0 Å². The van der Waals surface area contributed by atoms with Crippen LogP contribution in [-0.4, -0.2) is 18.9 Å². The smallest absolute Gasteiger partial charge is 0.316 e. The van der Waals surface area contributed by atoms with Gasteiger partial charge in [0.05, 0.1) is 7.11 Å². The predicted molar refractivity (Wildman–Crippen MR) is 70.2 cm³/mol. The van der Waals surface area contributed by atoms with Crippen LogP contribution in [-0.2, 0) is 20.7 Å². The van der Waals surface area contributed by atoms with Crippen molar-refractivity contribution in [2.24, 2.45) is 5.92 Å². The summed E-state index contributed by atoms with van der Waals surface area (Å²) in [5.74, 6) is -1.04.